The first-order valence-electron chi connectivity index (χ1n) is 7.36. The van der Waals surface area contributed by atoms with E-state index in [0.717, 1.165) is 37.5 Å². The van der Waals surface area contributed by atoms with E-state index in [0.29, 0.717) is 10.7 Å². The van der Waals surface area contributed by atoms with Crippen LogP contribution < -0.4 is 10.1 Å². The molecule has 0 unspecified atom stereocenters. The number of benzene rings is 1. The Bertz CT molecular complexity index is 667. The fourth-order valence-electron chi connectivity index (χ4n) is 2.48. The molecule has 1 aromatic heterocycles. The van der Waals surface area contributed by atoms with Crippen molar-refractivity contribution in [2.24, 2.45) is 0 Å². The number of carbonyl (C=O) groups excluding carboxylic acids is 1. The molecule has 1 aliphatic rings. The van der Waals surface area contributed by atoms with Gasteiger partial charge in [0.1, 0.15) is 5.75 Å². The van der Waals surface area contributed by atoms with E-state index in [4.69, 9.17) is 4.74 Å². The van der Waals surface area contributed by atoms with Crippen molar-refractivity contribution in [3.63, 3.8) is 0 Å². The van der Waals surface area contributed by atoms with Gasteiger partial charge in [0.25, 0.3) is 5.91 Å². The van der Waals surface area contributed by atoms with Crippen LogP contribution in [0.5, 0.6) is 5.75 Å². The van der Waals surface area contributed by atoms with Gasteiger partial charge in [0, 0.05) is 30.0 Å². The van der Waals surface area contributed by atoms with Gasteiger partial charge in [0.2, 0.25) is 0 Å². The molecule has 2 heterocycles. The minimum absolute atomic E-state index is 0.138. The highest BCUT2D eigenvalue weighted by Gasteiger charge is 2.20. The lowest BCUT2D eigenvalue weighted by Crippen LogP contribution is -2.29. The van der Waals surface area contributed by atoms with Gasteiger partial charge in [0.05, 0.1) is 12.8 Å². The number of methoxy groups -OCH3 is 1. The van der Waals surface area contributed by atoms with E-state index in [9.17, 15) is 4.79 Å². The van der Waals surface area contributed by atoms with E-state index in [-0.39, 0.29) is 5.91 Å². The van der Waals surface area contributed by atoms with Crippen molar-refractivity contribution in [3.8, 4) is 5.75 Å². The number of likely N-dealkylation sites (N-methyl/N-ethyl adjacent to an activating group) is 1. The summed E-state index contributed by atoms with van der Waals surface area (Å²) in [7, 11) is 1.61. The Morgan fingerprint density at radius 1 is 1.41 bits per heavy atom. The van der Waals surface area contributed by atoms with E-state index in [2.05, 4.69) is 22.1 Å². The standard InChI is InChI=1S/C16H19N3O2S/c1-3-19-9-8-13-14(10-19)22-16(17-13)18-15(20)11-4-6-12(21-2)7-5-11/h4-7H,3,8-10H2,1-2H3,(H,17,18,20). The Labute approximate surface area is 133 Å². The number of aromatic nitrogens is 1. The average Bonchev–Trinajstić information content (AvgIpc) is 2.95. The van der Waals surface area contributed by atoms with E-state index < -0.39 is 0 Å². The van der Waals surface area contributed by atoms with E-state index in [1.165, 1.54) is 4.88 Å². The highest BCUT2D eigenvalue weighted by atomic mass is 32.1. The summed E-state index contributed by atoms with van der Waals surface area (Å²) >= 11 is 1.58. The Kier molecular flexibility index (Phi) is 4.40. The van der Waals surface area contributed by atoms with E-state index in [1.807, 2.05) is 0 Å². The number of nitrogens with one attached hydrogen (secondary N) is 1. The first-order chi connectivity index (χ1) is 10.7. The van der Waals surface area contributed by atoms with Crippen molar-refractivity contribution in [1.29, 1.82) is 0 Å². The first-order valence-corrected chi connectivity index (χ1v) is 8.17. The highest BCUT2D eigenvalue weighted by molar-refractivity contribution is 7.15. The zero-order chi connectivity index (χ0) is 15.5. The van der Waals surface area contributed by atoms with Crippen molar-refractivity contribution >= 4 is 22.4 Å². The number of amides is 1. The van der Waals surface area contributed by atoms with Gasteiger partial charge in [-0.05, 0) is 30.8 Å². The molecule has 3 rings (SSSR count). The van der Waals surface area contributed by atoms with Crippen LogP contribution in [-0.2, 0) is 13.0 Å². The number of thiazole rings is 1. The van der Waals surface area contributed by atoms with Gasteiger partial charge in [0.15, 0.2) is 5.13 Å². The van der Waals surface area contributed by atoms with Crippen LogP contribution in [-0.4, -0.2) is 36.0 Å². The number of carbonyl (C=O) groups is 1. The summed E-state index contributed by atoms with van der Waals surface area (Å²) in [4.78, 5) is 20.5. The molecule has 0 saturated carbocycles. The maximum Gasteiger partial charge on any atom is 0.257 e. The molecule has 22 heavy (non-hydrogen) atoms. The number of ether oxygens (including phenoxy) is 1. The fourth-order valence-corrected chi connectivity index (χ4v) is 3.53. The lowest BCUT2D eigenvalue weighted by Gasteiger charge is -2.23. The van der Waals surface area contributed by atoms with Gasteiger partial charge in [-0.25, -0.2) is 4.98 Å². The van der Waals surface area contributed by atoms with Crippen molar-refractivity contribution in [3.05, 3.63) is 40.4 Å². The maximum atomic E-state index is 12.3. The van der Waals surface area contributed by atoms with Gasteiger partial charge < -0.3 is 4.74 Å². The number of hydrogen-bond donors (Lipinski definition) is 1. The van der Waals surface area contributed by atoms with Gasteiger partial charge in [-0.2, -0.15) is 0 Å². The quantitative estimate of drug-likeness (QED) is 0.942. The van der Waals surface area contributed by atoms with Crippen LogP contribution in [0.1, 0.15) is 27.9 Å². The molecule has 0 fully saturated rings. The second kappa shape index (κ2) is 6.46. The molecule has 0 spiro atoms. The second-order valence-electron chi connectivity index (χ2n) is 5.19. The summed E-state index contributed by atoms with van der Waals surface area (Å²) < 4.78 is 5.10. The monoisotopic (exact) mass is 317 g/mol. The number of nitrogens with zero attached hydrogens (tertiary/aromatic N) is 2. The summed E-state index contributed by atoms with van der Waals surface area (Å²) in [5.41, 5.74) is 1.73. The third-order valence-corrected chi connectivity index (χ3v) is 4.83. The van der Waals surface area contributed by atoms with Crippen LogP contribution in [0.2, 0.25) is 0 Å². The molecule has 0 saturated heterocycles. The molecule has 0 bridgehead atoms. The number of fused-ring (bicyclic) bond motifs is 1. The molecule has 6 heteroatoms. The molecule has 5 nitrogen and oxygen atoms in total. The normalized spacial score (nSPS) is 14.5. The molecule has 1 N–H and O–H groups in total. The van der Waals surface area contributed by atoms with Crippen molar-refractivity contribution in [2.45, 2.75) is 19.9 Å². The highest BCUT2D eigenvalue weighted by Crippen LogP contribution is 2.28. The Morgan fingerprint density at radius 2 is 2.18 bits per heavy atom. The van der Waals surface area contributed by atoms with Crippen LogP contribution in [0, 0.1) is 0 Å². The molecule has 1 amide bonds. The predicted octanol–water partition coefficient (Wildman–Crippen LogP) is 2.78. The van der Waals surface area contributed by atoms with Gasteiger partial charge in [-0.15, -0.1) is 11.3 Å². The average molecular weight is 317 g/mol. The second-order valence-corrected chi connectivity index (χ2v) is 6.27. The summed E-state index contributed by atoms with van der Waals surface area (Å²) in [6.45, 7) is 5.18. The molecule has 1 aromatic carbocycles. The molecule has 116 valence electrons. The van der Waals surface area contributed by atoms with Crippen LogP contribution in [0.15, 0.2) is 24.3 Å². The molecule has 0 aliphatic carbocycles. The predicted molar refractivity (Wildman–Crippen MR) is 87.7 cm³/mol. The van der Waals surface area contributed by atoms with Crippen molar-refractivity contribution in [1.82, 2.24) is 9.88 Å². The van der Waals surface area contributed by atoms with Crippen LogP contribution in [0.3, 0.4) is 0 Å². The minimum atomic E-state index is -0.138. The fraction of sp³-hybridized carbons (Fsp3) is 0.375. The van der Waals surface area contributed by atoms with Crippen molar-refractivity contribution in [2.75, 3.05) is 25.5 Å². The van der Waals surface area contributed by atoms with E-state index >= 15 is 0 Å². The van der Waals surface area contributed by atoms with Crippen LogP contribution in [0.25, 0.3) is 0 Å². The lowest BCUT2D eigenvalue weighted by molar-refractivity contribution is 0.102. The van der Waals surface area contributed by atoms with Crippen LogP contribution >= 0.6 is 11.3 Å². The van der Waals surface area contributed by atoms with Crippen molar-refractivity contribution < 1.29 is 9.53 Å². The molecular weight excluding hydrogens is 298 g/mol. The van der Waals surface area contributed by atoms with Crippen LogP contribution in [0.4, 0.5) is 5.13 Å². The number of hydrogen-bond acceptors (Lipinski definition) is 5. The zero-order valence-corrected chi connectivity index (χ0v) is 13.6. The zero-order valence-electron chi connectivity index (χ0n) is 12.8. The smallest absolute Gasteiger partial charge is 0.257 e. The Morgan fingerprint density at radius 3 is 2.86 bits per heavy atom. The Balaban J connectivity index is 1.70. The molecule has 0 radical (unpaired) electrons. The van der Waals surface area contributed by atoms with Gasteiger partial charge in [-0.3, -0.25) is 15.0 Å². The number of rotatable bonds is 4. The van der Waals surface area contributed by atoms with Gasteiger partial charge in [-0.1, -0.05) is 6.92 Å². The molecule has 0 atom stereocenters. The SMILES string of the molecule is CCN1CCc2nc(NC(=O)c3ccc(OC)cc3)sc2C1. The lowest BCUT2D eigenvalue weighted by atomic mass is 10.2. The van der Waals surface area contributed by atoms with E-state index in [1.54, 1.807) is 42.7 Å². The number of anilines is 1. The molecule has 2 aromatic rings. The molecular formula is C16H19N3O2S. The Hall–Kier alpha value is -1.92. The minimum Gasteiger partial charge on any atom is -0.497 e. The summed E-state index contributed by atoms with van der Waals surface area (Å²) in [5.74, 6) is 0.599. The summed E-state index contributed by atoms with van der Waals surface area (Å²) in [5, 5.41) is 3.58. The summed E-state index contributed by atoms with van der Waals surface area (Å²) in [6.07, 6.45) is 0.956. The third-order valence-electron chi connectivity index (χ3n) is 3.83. The summed E-state index contributed by atoms with van der Waals surface area (Å²) in [6, 6.07) is 7.06. The first kappa shape index (κ1) is 15.0. The maximum absolute atomic E-state index is 12.3. The topological polar surface area (TPSA) is 54.5 Å². The third kappa shape index (κ3) is 3.13. The largest absolute Gasteiger partial charge is 0.497 e. The van der Waals surface area contributed by atoms with Gasteiger partial charge >= 0.3 is 0 Å². The molecule has 1 aliphatic heterocycles.